The Bertz CT molecular complexity index is 1050. The molecule has 5 rings (SSSR count). The third-order valence-electron chi connectivity index (χ3n) is 5.39. The van der Waals surface area contributed by atoms with Crippen LogP contribution in [0.3, 0.4) is 0 Å². The normalized spacial score (nSPS) is 11.7. The van der Waals surface area contributed by atoms with Crippen LogP contribution in [0.25, 0.3) is 32.7 Å². The number of benzene rings is 3. The van der Waals surface area contributed by atoms with Gasteiger partial charge < -0.3 is 24.8 Å². The van der Waals surface area contributed by atoms with Crippen LogP contribution in [0.2, 0.25) is 0 Å². The largest absolute Gasteiger partial charge is 3.00 e. The summed E-state index contributed by atoms with van der Waals surface area (Å²) in [6.07, 6.45) is 3.48. The summed E-state index contributed by atoms with van der Waals surface area (Å²) in [6, 6.07) is 22.9. The Hall–Kier alpha value is -1.01. The molecule has 0 amide bonds. The molecule has 0 heterocycles. The summed E-state index contributed by atoms with van der Waals surface area (Å²) in [6.45, 7) is 2.23. The molecule has 0 saturated carbocycles. The summed E-state index contributed by atoms with van der Waals surface area (Å²) >= 11 is 0. The van der Waals surface area contributed by atoms with Gasteiger partial charge in [-0.15, -0.1) is 34.5 Å². The van der Waals surface area contributed by atoms with Crippen molar-refractivity contribution in [2.24, 2.45) is 0 Å². The Labute approximate surface area is 186 Å². The fraction of sp³-hybridized carbons (Fsp3) is 0.174. The van der Waals surface area contributed by atoms with Gasteiger partial charge >= 0.3 is 26.2 Å². The van der Waals surface area contributed by atoms with Crippen LogP contribution in [0.4, 0.5) is 0 Å². The molecule has 0 unspecified atom stereocenters. The topological polar surface area (TPSA) is 0 Å². The summed E-state index contributed by atoms with van der Waals surface area (Å²) in [5, 5.41) is 5.68. The zero-order valence-electron chi connectivity index (χ0n) is 14.7. The van der Waals surface area contributed by atoms with Crippen molar-refractivity contribution in [2.45, 2.75) is 26.2 Å². The van der Waals surface area contributed by atoms with Crippen LogP contribution in [0.1, 0.15) is 23.6 Å². The van der Waals surface area contributed by atoms with Crippen molar-refractivity contribution < 1.29 is 51.0 Å². The van der Waals surface area contributed by atoms with Gasteiger partial charge in [0.15, 0.2) is 0 Å². The Morgan fingerprint density at radius 3 is 2.27 bits per heavy atom. The molecular weight excluding hydrogens is 438 g/mol. The maximum absolute atomic E-state index is 2.37. The van der Waals surface area contributed by atoms with Gasteiger partial charge in [0, 0.05) is 0 Å². The molecule has 3 heteroatoms. The van der Waals surface area contributed by atoms with Crippen molar-refractivity contribution in [3.63, 3.8) is 0 Å². The monoisotopic (exact) mass is 455 g/mol. The molecule has 1 aliphatic carbocycles. The van der Waals surface area contributed by atoms with Crippen LogP contribution >= 0.6 is 0 Å². The van der Waals surface area contributed by atoms with Gasteiger partial charge in [0.2, 0.25) is 0 Å². The van der Waals surface area contributed by atoms with E-state index in [9.17, 15) is 0 Å². The smallest absolute Gasteiger partial charge is 1.00 e. The van der Waals surface area contributed by atoms with Crippen molar-refractivity contribution >= 4 is 21.5 Å². The number of hydrogen-bond donors (Lipinski definition) is 0. The first kappa shape index (κ1) is 21.3. The Kier molecular flexibility index (Phi) is 6.83. The molecule has 0 saturated heterocycles. The third-order valence-corrected chi connectivity index (χ3v) is 5.39. The van der Waals surface area contributed by atoms with Gasteiger partial charge in [0.05, 0.1) is 0 Å². The second-order valence-corrected chi connectivity index (χ2v) is 6.64. The maximum atomic E-state index is 2.37. The Balaban J connectivity index is 0.000000810. The number of rotatable bonds is 2. The molecule has 0 N–H and O–H groups in total. The molecule has 0 fully saturated rings. The molecule has 1 aliphatic rings. The molecule has 0 nitrogen and oxygen atoms in total. The molecule has 0 bridgehead atoms. The van der Waals surface area contributed by atoms with Gasteiger partial charge in [0.25, 0.3) is 0 Å². The van der Waals surface area contributed by atoms with E-state index in [4.69, 9.17) is 0 Å². The molecule has 0 spiro atoms. The van der Waals surface area contributed by atoms with E-state index in [2.05, 4.69) is 67.6 Å². The molecule has 0 atom stereocenters. The Morgan fingerprint density at radius 2 is 1.50 bits per heavy atom. The van der Waals surface area contributed by atoms with Gasteiger partial charge in [-0.05, 0) is 46.7 Å². The first-order chi connectivity index (χ1) is 11.3. The average Bonchev–Trinajstić information content (AvgIpc) is 3.20. The van der Waals surface area contributed by atoms with Crippen molar-refractivity contribution in [1.82, 2.24) is 0 Å². The van der Waals surface area contributed by atoms with Gasteiger partial charge in [0.1, 0.15) is 0 Å². The minimum atomic E-state index is 0. The average molecular weight is 458 g/mol. The minimum Gasteiger partial charge on any atom is -1.00 e. The molecule has 4 aromatic carbocycles. The van der Waals surface area contributed by atoms with E-state index in [1.54, 1.807) is 0 Å². The Morgan fingerprint density at radius 1 is 0.808 bits per heavy atom. The summed E-state index contributed by atoms with van der Waals surface area (Å²) < 4.78 is 0. The van der Waals surface area contributed by atoms with Gasteiger partial charge in [-0.3, -0.25) is 0 Å². The van der Waals surface area contributed by atoms with Gasteiger partial charge in [-0.2, -0.15) is 6.07 Å². The van der Waals surface area contributed by atoms with Crippen molar-refractivity contribution in [2.75, 3.05) is 0 Å². The fourth-order valence-corrected chi connectivity index (χ4v) is 4.22. The maximum Gasteiger partial charge on any atom is 3.00 e. The van der Waals surface area contributed by atoms with Crippen LogP contribution in [-0.4, -0.2) is 0 Å². The van der Waals surface area contributed by atoms with Crippen LogP contribution in [-0.2, 0) is 45.5 Å². The molecule has 0 aromatic heterocycles. The van der Waals surface area contributed by atoms with Crippen LogP contribution < -0.4 is 24.8 Å². The summed E-state index contributed by atoms with van der Waals surface area (Å²) in [4.78, 5) is 0. The number of halogens is 2. The van der Waals surface area contributed by atoms with Gasteiger partial charge in [-0.25, -0.2) is 0 Å². The summed E-state index contributed by atoms with van der Waals surface area (Å²) in [5.74, 6) is 0. The summed E-state index contributed by atoms with van der Waals surface area (Å²) in [5.41, 5.74) is 7.22. The molecule has 1 radical (unpaired) electrons. The molecular formula is C23H19Cl2Zr. The quantitative estimate of drug-likeness (QED) is 0.373. The predicted molar refractivity (Wildman–Crippen MR) is 99.3 cm³/mol. The van der Waals surface area contributed by atoms with Crippen LogP contribution in [0.15, 0.2) is 60.7 Å². The third kappa shape index (κ3) is 3.20. The summed E-state index contributed by atoms with van der Waals surface area (Å²) in [7, 11) is 0. The zero-order valence-corrected chi connectivity index (χ0v) is 18.6. The molecule has 26 heavy (non-hydrogen) atoms. The van der Waals surface area contributed by atoms with E-state index >= 15 is 0 Å². The van der Waals surface area contributed by atoms with E-state index in [-0.39, 0.29) is 51.0 Å². The molecule has 0 aliphatic heterocycles. The first-order valence-corrected chi connectivity index (χ1v) is 8.57. The minimum absolute atomic E-state index is 0. The van der Waals surface area contributed by atoms with Crippen molar-refractivity contribution in [3.8, 4) is 11.1 Å². The second-order valence-electron chi connectivity index (χ2n) is 6.64. The van der Waals surface area contributed by atoms with Crippen molar-refractivity contribution in [1.29, 1.82) is 0 Å². The standard InChI is InChI=1S/C23H19.2ClH.Zr/c1-2-15-13-18-6-4-7-19(22(18)14-15)20-12-11-17-10-9-16-5-3-8-21(20)23(16)17;;;/h3-8,11-14H,2,9-10H2,1H3;2*1H;/q-1;;;+3/p-2. The van der Waals surface area contributed by atoms with Crippen LogP contribution in [0, 0.1) is 0 Å². The van der Waals surface area contributed by atoms with E-state index in [0.29, 0.717) is 0 Å². The number of fused-ring (bicyclic) bond motifs is 1. The van der Waals surface area contributed by atoms with E-state index < -0.39 is 0 Å². The number of aryl methyl sites for hydroxylation is 3. The number of hydrogen-bond acceptors (Lipinski definition) is 0. The van der Waals surface area contributed by atoms with Gasteiger partial charge in [-0.1, -0.05) is 48.9 Å². The van der Waals surface area contributed by atoms with E-state index in [1.807, 2.05) is 0 Å². The van der Waals surface area contributed by atoms with E-state index in [1.165, 1.54) is 62.2 Å². The first-order valence-electron chi connectivity index (χ1n) is 8.57. The molecule has 4 aromatic rings. The zero-order chi connectivity index (χ0) is 15.4. The fourth-order valence-electron chi connectivity index (χ4n) is 4.22. The second kappa shape index (κ2) is 8.34. The van der Waals surface area contributed by atoms with Crippen LogP contribution in [0.5, 0.6) is 0 Å². The molecule has 129 valence electrons. The van der Waals surface area contributed by atoms with E-state index in [0.717, 1.165) is 6.42 Å². The SMILES string of the molecule is CCc1cc2c(-c3ccc4c5c(cccc35)CC4)cccc2[cH-]1.[Cl-].[Cl-].[Zr+3]. The predicted octanol–water partition coefficient (Wildman–Crippen LogP) is 0.0454. The van der Waals surface area contributed by atoms with Crippen molar-refractivity contribution in [3.05, 3.63) is 77.4 Å².